The number of benzene rings is 1. The van der Waals surface area contributed by atoms with Crippen LogP contribution in [-0.2, 0) is 10.5 Å². The van der Waals surface area contributed by atoms with Gasteiger partial charge in [0.15, 0.2) is 0 Å². The molecule has 1 atom stereocenters. The first-order valence-electron chi connectivity index (χ1n) is 4.90. The van der Waals surface area contributed by atoms with E-state index in [1.54, 1.807) is 17.8 Å². The number of hydrogen-bond donors (Lipinski definition) is 2. The van der Waals surface area contributed by atoms with Crippen molar-refractivity contribution in [3.05, 3.63) is 35.6 Å². The van der Waals surface area contributed by atoms with Crippen molar-refractivity contribution in [2.45, 2.75) is 18.2 Å². The first-order valence-corrected chi connectivity index (χ1v) is 6.05. The Bertz CT molecular complexity index is 360. The number of hydrogen-bond acceptors (Lipinski definition) is 3. The van der Waals surface area contributed by atoms with Crippen LogP contribution in [0.3, 0.4) is 0 Å². The van der Waals surface area contributed by atoms with Gasteiger partial charge in [-0.3, -0.25) is 4.79 Å². The van der Waals surface area contributed by atoms with Crippen LogP contribution in [0.4, 0.5) is 4.39 Å². The summed E-state index contributed by atoms with van der Waals surface area (Å²) in [6, 6.07) is 5.57. The predicted molar refractivity (Wildman–Crippen MR) is 62.8 cm³/mol. The molecule has 0 aromatic heterocycles. The topological polar surface area (TPSA) is 63.3 Å². The largest absolute Gasteiger partial charge is 0.480 e. The molecule has 5 heteroatoms. The van der Waals surface area contributed by atoms with Crippen LogP contribution >= 0.6 is 11.8 Å². The Morgan fingerprint density at radius 2 is 2.31 bits per heavy atom. The molecule has 0 fully saturated rings. The first-order chi connectivity index (χ1) is 7.59. The molecular weight excluding hydrogens is 229 g/mol. The minimum atomic E-state index is -0.980. The van der Waals surface area contributed by atoms with Gasteiger partial charge in [-0.1, -0.05) is 12.1 Å². The van der Waals surface area contributed by atoms with Crippen molar-refractivity contribution in [1.82, 2.24) is 0 Å². The van der Waals surface area contributed by atoms with Gasteiger partial charge in [-0.25, -0.2) is 4.39 Å². The average Bonchev–Trinajstić information content (AvgIpc) is 2.24. The highest BCUT2D eigenvalue weighted by Gasteiger charge is 2.10. The molecule has 0 bridgehead atoms. The number of carbonyl (C=O) groups is 1. The van der Waals surface area contributed by atoms with Crippen molar-refractivity contribution in [2.75, 3.05) is 5.75 Å². The van der Waals surface area contributed by atoms with Crippen LogP contribution in [0, 0.1) is 5.82 Å². The second-order valence-corrected chi connectivity index (χ2v) is 4.52. The summed E-state index contributed by atoms with van der Waals surface area (Å²) in [6.45, 7) is 0. The molecule has 0 radical (unpaired) electrons. The third-order valence-electron chi connectivity index (χ3n) is 2.05. The molecule has 1 aromatic rings. The number of nitrogens with two attached hydrogens (primary N) is 1. The Balaban J connectivity index is 2.23. The highest BCUT2D eigenvalue weighted by atomic mass is 32.2. The summed E-state index contributed by atoms with van der Waals surface area (Å²) in [5.41, 5.74) is 6.24. The third kappa shape index (κ3) is 4.63. The molecule has 0 amide bonds. The molecule has 0 saturated heterocycles. The third-order valence-corrected chi connectivity index (χ3v) is 3.11. The Morgan fingerprint density at radius 3 is 2.94 bits per heavy atom. The maximum absolute atomic E-state index is 12.8. The van der Waals surface area contributed by atoms with Gasteiger partial charge in [-0.05, 0) is 29.9 Å². The van der Waals surface area contributed by atoms with E-state index in [-0.39, 0.29) is 5.82 Å². The lowest BCUT2D eigenvalue weighted by Crippen LogP contribution is -2.30. The van der Waals surface area contributed by atoms with Gasteiger partial charge in [-0.15, -0.1) is 0 Å². The van der Waals surface area contributed by atoms with Crippen LogP contribution < -0.4 is 5.73 Å². The van der Waals surface area contributed by atoms with Crippen molar-refractivity contribution in [3.8, 4) is 0 Å². The standard InChI is InChI=1S/C11H14FNO2S/c12-9-3-1-2-8(6-9)7-16-5-4-10(13)11(14)15/h1-3,6,10H,4-5,7,13H2,(H,14,15)/t10-/m0/s1. The Hall–Kier alpha value is -1.07. The molecule has 16 heavy (non-hydrogen) atoms. The van der Waals surface area contributed by atoms with Crippen molar-refractivity contribution < 1.29 is 14.3 Å². The number of aliphatic carboxylic acids is 1. The van der Waals surface area contributed by atoms with Gasteiger partial charge in [0, 0.05) is 5.75 Å². The molecule has 0 aliphatic heterocycles. The summed E-state index contributed by atoms with van der Waals surface area (Å²) in [7, 11) is 0. The minimum absolute atomic E-state index is 0.250. The molecule has 0 saturated carbocycles. The van der Waals surface area contributed by atoms with Gasteiger partial charge < -0.3 is 10.8 Å². The van der Waals surface area contributed by atoms with E-state index in [0.29, 0.717) is 17.9 Å². The Labute approximate surface area is 97.8 Å². The predicted octanol–water partition coefficient (Wildman–Crippen LogP) is 1.86. The van der Waals surface area contributed by atoms with Gasteiger partial charge in [0.1, 0.15) is 11.9 Å². The van der Waals surface area contributed by atoms with Crippen molar-refractivity contribution >= 4 is 17.7 Å². The molecular formula is C11H14FNO2S. The van der Waals surface area contributed by atoms with Gasteiger partial charge in [0.25, 0.3) is 0 Å². The van der Waals surface area contributed by atoms with Crippen molar-refractivity contribution in [2.24, 2.45) is 5.73 Å². The van der Waals surface area contributed by atoms with Crippen LogP contribution in [0.25, 0.3) is 0 Å². The molecule has 3 nitrogen and oxygen atoms in total. The van der Waals surface area contributed by atoms with Gasteiger partial charge in [0.2, 0.25) is 0 Å². The quantitative estimate of drug-likeness (QED) is 0.749. The highest BCUT2D eigenvalue weighted by Crippen LogP contribution is 2.14. The molecule has 3 N–H and O–H groups in total. The summed E-state index contributed by atoms with van der Waals surface area (Å²) in [5.74, 6) is 0.0975. The van der Waals surface area contributed by atoms with E-state index in [0.717, 1.165) is 5.56 Å². The number of halogens is 1. The van der Waals surface area contributed by atoms with E-state index in [2.05, 4.69) is 0 Å². The molecule has 88 valence electrons. The van der Waals surface area contributed by atoms with Crippen LogP contribution in [0.2, 0.25) is 0 Å². The minimum Gasteiger partial charge on any atom is -0.480 e. The molecule has 1 aromatic carbocycles. The van der Waals surface area contributed by atoms with Crippen molar-refractivity contribution in [3.63, 3.8) is 0 Å². The SMILES string of the molecule is N[C@@H](CCSCc1cccc(F)c1)C(=O)O. The Morgan fingerprint density at radius 1 is 1.56 bits per heavy atom. The van der Waals surface area contributed by atoms with Crippen LogP contribution in [0.1, 0.15) is 12.0 Å². The first kappa shape index (κ1) is 13.0. The fraction of sp³-hybridized carbons (Fsp3) is 0.364. The smallest absolute Gasteiger partial charge is 0.320 e. The fourth-order valence-corrected chi connectivity index (χ4v) is 2.13. The lowest BCUT2D eigenvalue weighted by molar-refractivity contribution is -0.138. The molecule has 0 spiro atoms. The van der Waals surface area contributed by atoms with Gasteiger partial charge in [-0.2, -0.15) is 11.8 Å². The van der Waals surface area contributed by atoms with E-state index in [9.17, 15) is 9.18 Å². The summed E-state index contributed by atoms with van der Waals surface area (Å²) >= 11 is 1.55. The number of carboxylic acid groups (broad SMARTS) is 1. The normalized spacial score (nSPS) is 12.4. The number of thioether (sulfide) groups is 1. The van der Waals surface area contributed by atoms with Crippen LogP contribution in [0.15, 0.2) is 24.3 Å². The fourth-order valence-electron chi connectivity index (χ4n) is 1.15. The number of carboxylic acids is 1. The summed E-state index contributed by atoms with van der Waals surface area (Å²) in [6.07, 6.45) is 0.426. The zero-order valence-corrected chi connectivity index (χ0v) is 9.54. The molecule has 0 heterocycles. The average molecular weight is 243 g/mol. The highest BCUT2D eigenvalue weighted by molar-refractivity contribution is 7.98. The monoisotopic (exact) mass is 243 g/mol. The summed E-state index contributed by atoms with van der Waals surface area (Å²) in [5, 5.41) is 8.55. The zero-order valence-electron chi connectivity index (χ0n) is 8.73. The van der Waals surface area contributed by atoms with Crippen molar-refractivity contribution in [1.29, 1.82) is 0 Å². The second kappa shape index (κ2) is 6.50. The Kier molecular flexibility index (Phi) is 5.28. The maximum Gasteiger partial charge on any atom is 0.320 e. The number of rotatable bonds is 6. The van der Waals surface area contributed by atoms with Gasteiger partial charge >= 0.3 is 5.97 Å². The van der Waals surface area contributed by atoms with E-state index in [4.69, 9.17) is 10.8 Å². The van der Waals surface area contributed by atoms with E-state index < -0.39 is 12.0 Å². The summed E-state index contributed by atoms with van der Waals surface area (Å²) in [4.78, 5) is 10.4. The zero-order chi connectivity index (χ0) is 12.0. The molecule has 1 rings (SSSR count). The van der Waals surface area contributed by atoms with Crippen LogP contribution in [0.5, 0.6) is 0 Å². The maximum atomic E-state index is 12.8. The van der Waals surface area contributed by atoms with E-state index in [1.165, 1.54) is 12.1 Å². The van der Waals surface area contributed by atoms with Gasteiger partial charge in [0.05, 0.1) is 0 Å². The molecule has 0 unspecified atom stereocenters. The van der Waals surface area contributed by atoms with E-state index in [1.807, 2.05) is 6.07 Å². The lowest BCUT2D eigenvalue weighted by Gasteiger charge is -2.05. The molecule has 0 aliphatic carbocycles. The van der Waals surface area contributed by atoms with E-state index >= 15 is 0 Å². The molecule has 0 aliphatic rings. The second-order valence-electron chi connectivity index (χ2n) is 3.42. The lowest BCUT2D eigenvalue weighted by atomic mass is 10.2. The van der Waals surface area contributed by atoms with Crippen LogP contribution in [-0.4, -0.2) is 22.9 Å². The summed E-state index contributed by atoms with van der Waals surface area (Å²) < 4.78 is 12.8.